The lowest BCUT2D eigenvalue weighted by Crippen LogP contribution is -2.11. The number of rotatable bonds is 3. The van der Waals surface area contributed by atoms with Crippen LogP contribution in [0.15, 0.2) is 44.4 Å². The number of thiophene rings is 1. The molecule has 0 aliphatic rings. The molecule has 0 aliphatic heterocycles. The summed E-state index contributed by atoms with van der Waals surface area (Å²) >= 11 is 3.04. The normalized spacial score (nSPS) is 12.3. The van der Waals surface area contributed by atoms with Crippen LogP contribution < -0.4 is 4.80 Å². The van der Waals surface area contributed by atoms with Gasteiger partial charge in [-0.25, -0.2) is 4.68 Å². The SMILES string of the molecule is CN=c1scc(-c2ccsc2)n1/N=C/c1ccc(O)c(O)c1O. The van der Waals surface area contributed by atoms with Gasteiger partial charge in [-0.1, -0.05) is 0 Å². The van der Waals surface area contributed by atoms with E-state index in [-0.39, 0.29) is 11.3 Å². The summed E-state index contributed by atoms with van der Waals surface area (Å²) in [7, 11) is 1.68. The monoisotopic (exact) mass is 347 g/mol. The topological polar surface area (TPSA) is 90.3 Å². The summed E-state index contributed by atoms with van der Waals surface area (Å²) in [5.41, 5.74) is 2.20. The van der Waals surface area contributed by atoms with Gasteiger partial charge in [-0.05, 0) is 23.6 Å². The number of nitrogens with zero attached hydrogens (tertiary/aromatic N) is 3. The van der Waals surface area contributed by atoms with Crippen LogP contribution in [0.25, 0.3) is 11.3 Å². The van der Waals surface area contributed by atoms with Crippen molar-refractivity contribution in [1.82, 2.24) is 4.68 Å². The second-order valence-corrected chi connectivity index (χ2v) is 6.18. The molecule has 0 saturated heterocycles. The molecule has 0 spiro atoms. The maximum atomic E-state index is 9.86. The van der Waals surface area contributed by atoms with E-state index in [0.717, 1.165) is 11.3 Å². The highest BCUT2D eigenvalue weighted by atomic mass is 32.1. The molecular formula is C15H13N3O3S2. The average molecular weight is 347 g/mol. The van der Waals surface area contributed by atoms with Crippen molar-refractivity contribution < 1.29 is 15.3 Å². The molecule has 6 nitrogen and oxygen atoms in total. The number of aromatic hydroxyl groups is 3. The van der Waals surface area contributed by atoms with Crippen LogP contribution in [0.4, 0.5) is 0 Å². The Morgan fingerprint density at radius 2 is 1.91 bits per heavy atom. The minimum atomic E-state index is -0.567. The Morgan fingerprint density at radius 3 is 2.61 bits per heavy atom. The maximum absolute atomic E-state index is 9.86. The molecule has 0 unspecified atom stereocenters. The van der Waals surface area contributed by atoms with Crippen molar-refractivity contribution in [2.75, 3.05) is 7.05 Å². The van der Waals surface area contributed by atoms with E-state index in [2.05, 4.69) is 10.1 Å². The Balaban J connectivity index is 2.07. The molecule has 3 rings (SSSR count). The fraction of sp³-hybridized carbons (Fsp3) is 0.0667. The Kier molecular flexibility index (Phi) is 4.18. The number of phenolic OH excluding ortho intramolecular Hbond substituents is 3. The van der Waals surface area contributed by atoms with Crippen LogP contribution in [0.5, 0.6) is 17.2 Å². The van der Waals surface area contributed by atoms with Gasteiger partial charge >= 0.3 is 0 Å². The summed E-state index contributed by atoms with van der Waals surface area (Å²) in [5.74, 6) is -1.37. The van der Waals surface area contributed by atoms with Gasteiger partial charge in [-0.2, -0.15) is 16.4 Å². The van der Waals surface area contributed by atoms with Crippen LogP contribution in [0.3, 0.4) is 0 Å². The highest BCUT2D eigenvalue weighted by Gasteiger charge is 2.11. The van der Waals surface area contributed by atoms with Crippen molar-refractivity contribution in [3.05, 3.63) is 44.7 Å². The molecule has 2 aromatic heterocycles. The van der Waals surface area contributed by atoms with E-state index in [4.69, 9.17) is 0 Å². The van der Waals surface area contributed by atoms with Gasteiger partial charge in [-0.3, -0.25) is 4.99 Å². The second-order valence-electron chi connectivity index (χ2n) is 4.57. The third-order valence-corrected chi connectivity index (χ3v) is 4.76. The molecule has 2 heterocycles. The van der Waals surface area contributed by atoms with Crippen LogP contribution in [-0.4, -0.2) is 33.3 Å². The van der Waals surface area contributed by atoms with Crippen LogP contribution in [-0.2, 0) is 0 Å². The van der Waals surface area contributed by atoms with E-state index in [0.29, 0.717) is 4.80 Å². The molecule has 0 amide bonds. The number of benzene rings is 1. The number of aromatic nitrogens is 1. The summed E-state index contributed by atoms with van der Waals surface area (Å²) in [4.78, 5) is 4.89. The first kappa shape index (κ1) is 15.3. The molecule has 118 valence electrons. The van der Waals surface area contributed by atoms with E-state index >= 15 is 0 Å². The largest absolute Gasteiger partial charge is 0.504 e. The minimum absolute atomic E-state index is 0.289. The summed E-state index contributed by atoms with van der Waals surface area (Å²) in [6.45, 7) is 0. The molecule has 8 heteroatoms. The van der Waals surface area contributed by atoms with Gasteiger partial charge in [0.05, 0.1) is 11.9 Å². The van der Waals surface area contributed by atoms with Crippen molar-refractivity contribution in [3.63, 3.8) is 0 Å². The second kappa shape index (κ2) is 6.27. The quantitative estimate of drug-likeness (QED) is 0.503. The number of hydrogen-bond donors (Lipinski definition) is 3. The molecule has 0 radical (unpaired) electrons. The standard InChI is InChI=1S/C15H13N3O3S2/c1-16-15-18(11(8-23-15)10-4-5-22-7-10)17-6-9-2-3-12(19)14(21)13(9)20/h2-8,19-21H,1H3/b16-15?,17-6+. The van der Waals surface area contributed by atoms with E-state index in [9.17, 15) is 15.3 Å². The van der Waals surface area contributed by atoms with Gasteiger partial charge in [0, 0.05) is 28.9 Å². The van der Waals surface area contributed by atoms with E-state index in [1.165, 1.54) is 29.7 Å². The highest BCUT2D eigenvalue weighted by Crippen LogP contribution is 2.36. The first-order valence-electron chi connectivity index (χ1n) is 6.56. The van der Waals surface area contributed by atoms with Crippen LogP contribution in [0.1, 0.15) is 5.56 Å². The molecule has 0 saturated carbocycles. The average Bonchev–Trinajstić information content (AvgIpc) is 3.20. The molecule has 3 aromatic rings. The molecule has 23 heavy (non-hydrogen) atoms. The molecule has 3 N–H and O–H groups in total. The lowest BCUT2D eigenvalue weighted by Gasteiger charge is -2.04. The lowest BCUT2D eigenvalue weighted by atomic mass is 10.2. The van der Waals surface area contributed by atoms with Gasteiger partial charge in [0.2, 0.25) is 10.6 Å². The Labute approximate surface area is 139 Å². The molecule has 0 aliphatic carbocycles. The van der Waals surface area contributed by atoms with Crippen molar-refractivity contribution in [1.29, 1.82) is 0 Å². The van der Waals surface area contributed by atoms with Gasteiger partial charge in [0.1, 0.15) is 0 Å². The van der Waals surface area contributed by atoms with Gasteiger partial charge in [0.25, 0.3) is 0 Å². The predicted molar refractivity (Wildman–Crippen MR) is 91.5 cm³/mol. The van der Waals surface area contributed by atoms with E-state index in [1.807, 2.05) is 22.2 Å². The number of phenols is 3. The molecule has 0 atom stereocenters. The van der Waals surface area contributed by atoms with E-state index < -0.39 is 11.5 Å². The summed E-state index contributed by atoms with van der Waals surface area (Å²) in [5, 5.41) is 39.1. The summed E-state index contributed by atoms with van der Waals surface area (Å²) < 4.78 is 1.66. The first-order valence-corrected chi connectivity index (χ1v) is 8.38. The first-order chi connectivity index (χ1) is 11.1. The smallest absolute Gasteiger partial charge is 0.205 e. The van der Waals surface area contributed by atoms with Gasteiger partial charge in [0.15, 0.2) is 11.5 Å². The van der Waals surface area contributed by atoms with Crippen molar-refractivity contribution in [2.45, 2.75) is 0 Å². The number of hydrogen-bond acceptors (Lipinski definition) is 7. The Morgan fingerprint density at radius 1 is 1.09 bits per heavy atom. The number of thiazole rings is 1. The fourth-order valence-electron chi connectivity index (χ4n) is 1.98. The third-order valence-electron chi connectivity index (χ3n) is 3.17. The Hall–Kier alpha value is -2.58. The van der Waals surface area contributed by atoms with Crippen LogP contribution in [0.2, 0.25) is 0 Å². The maximum Gasteiger partial charge on any atom is 0.205 e. The Bertz CT molecular complexity index is 924. The third kappa shape index (κ3) is 2.86. The minimum Gasteiger partial charge on any atom is -0.504 e. The highest BCUT2D eigenvalue weighted by molar-refractivity contribution is 7.08. The van der Waals surface area contributed by atoms with Gasteiger partial charge < -0.3 is 15.3 Å². The van der Waals surface area contributed by atoms with Crippen LogP contribution >= 0.6 is 22.7 Å². The van der Waals surface area contributed by atoms with Gasteiger partial charge in [-0.15, -0.1) is 11.3 Å². The molecule has 0 fully saturated rings. The fourth-order valence-corrected chi connectivity index (χ4v) is 3.43. The van der Waals surface area contributed by atoms with Crippen molar-refractivity contribution in [3.8, 4) is 28.5 Å². The van der Waals surface area contributed by atoms with Crippen molar-refractivity contribution >= 4 is 28.9 Å². The van der Waals surface area contributed by atoms with E-state index in [1.54, 1.807) is 23.1 Å². The molecule has 1 aromatic carbocycles. The predicted octanol–water partition coefficient (Wildman–Crippen LogP) is 2.81. The summed E-state index contributed by atoms with van der Waals surface area (Å²) in [6, 6.07) is 4.75. The molecule has 0 bridgehead atoms. The molecular weight excluding hydrogens is 334 g/mol. The summed E-state index contributed by atoms with van der Waals surface area (Å²) in [6.07, 6.45) is 1.41. The zero-order chi connectivity index (χ0) is 16.4. The van der Waals surface area contributed by atoms with Crippen molar-refractivity contribution in [2.24, 2.45) is 10.1 Å². The zero-order valence-electron chi connectivity index (χ0n) is 12.0. The van der Waals surface area contributed by atoms with Crippen LogP contribution in [0, 0.1) is 0 Å². The zero-order valence-corrected chi connectivity index (χ0v) is 13.7. The lowest BCUT2D eigenvalue weighted by molar-refractivity contribution is 0.367.